The molecule has 0 saturated carbocycles. The zero-order valence-corrected chi connectivity index (χ0v) is 11.2. The van der Waals surface area contributed by atoms with Gasteiger partial charge in [0.05, 0.1) is 0 Å². The third-order valence-electron chi connectivity index (χ3n) is 2.85. The van der Waals surface area contributed by atoms with E-state index in [1.807, 2.05) is 32.2 Å². The number of nitrogens with one attached hydrogen (secondary N) is 1. The SMILES string of the molecule is Cc1nc(NN)cc(N(C)CCc2ccncc2)n1. The summed E-state index contributed by atoms with van der Waals surface area (Å²) in [4.78, 5) is 14.7. The smallest absolute Gasteiger partial charge is 0.145 e. The highest BCUT2D eigenvalue weighted by Crippen LogP contribution is 2.14. The Balaban J connectivity index is 2.03. The van der Waals surface area contributed by atoms with Crippen LogP contribution >= 0.6 is 0 Å². The van der Waals surface area contributed by atoms with Gasteiger partial charge >= 0.3 is 0 Å². The Labute approximate surface area is 112 Å². The Morgan fingerprint density at radius 1 is 1.26 bits per heavy atom. The molecule has 19 heavy (non-hydrogen) atoms. The lowest BCUT2D eigenvalue weighted by molar-refractivity contribution is 0.847. The standard InChI is InChI=1S/C13H18N6/c1-10-16-12(18-14)9-13(17-10)19(2)8-5-11-3-6-15-7-4-11/h3-4,6-7,9H,5,8,14H2,1-2H3,(H,16,17,18). The summed E-state index contributed by atoms with van der Waals surface area (Å²) in [6.45, 7) is 2.71. The van der Waals surface area contributed by atoms with Gasteiger partial charge in [-0.15, -0.1) is 0 Å². The summed E-state index contributed by atoms with van der Waals surface area (Å²) in [6.07, 6.45) is 4.55. The first kappa shape index (κ1) is 13.2. The lowest BCUT2D eigenvalue weighted by atomic mass is 10.2. The van der Waals surface area contributed by atoms with Crippen LogP contribution < -0.4 is 16.2 Å². The van der Waals surface area contributed by atoms with E-state index < -0.39 is 0 Å². The van der Waals surface area contributed by atoms with Crippen LogP contribution in [0.5, 0.6) is 0 Å². The molecule has 0 radical (unpaired) electrons. The van der Waals surface area contributed by atoms with Gasteiger partial charge in [0.25, 0.3) is 0 Å². The van der Waals surface area contributed by atoms with E-state index in [9.17, 15) is 0 Å². The third-order valence-corrected chi connectivity index (χ3v) is 2.85. The third kappa shape index (κ3) is 3.62. The summed E-state index contributed by atoms with van der Waals surface area (Å²) < 4.78 is 0. The number of aryl methyl sites for hydroxylation is 1. The molecule has 6 nitrogen and oxygen atoms in total. The minimum Gasteiger partial charge on any atom is -0.359 e. The summed E-state index contributed by atoms with van der Waals surface area (Å²) in [7, 11) is 2.00. The first-order valence-electron chi connectivity index (χ1n) is 6.11. The molecule has 0 aliphatic heterocycles. The maximum absolute atomic E-state index is 5.39. The van der Waals surface area contributed by atoms with Crippen LogP contribution in [-0.2, 0) is 6.42 Å². The Morgan fingerprint density at radius 3 is 2.68 bits per heavy atom. The Hall–Kier alpha value is -2.21. The molecule has 2 aromatic rings. The van der Waals surface area contributed by atoms with Gasteiger partial charge in [-0.05, 0) is 31.0 Å². The van der Waals surface area contributed by atoms with Crippen molar-refractivity contribution in [2.24, 2.45) is 5.84 Å². The summed E-state index contributed by atoms with van der Waals surface area (Å²) in [5.41, 5.74) is 3.81. The topological polar surface area (TPSA) is 80.0 Å². The van der Waals surface area contributed by atoms with Crippen LogP contribution in [0.25, 0.3) is 0 Å². The highest BCUT2D eigenvalue weighted by Gasteiger charge is 2.06. The van der Waals surface area contributed by atoms with Gasteiger partial charge in [-0.25, -0.2) is 15.8 Å². The molecule has 0 unspecified atom stereocenters. The van der Waals surface area contributed by atoms with E-state index in [4.69, 9.17) is 5.84 Å². The van der Waals surface area contributed by atoms with Crippen molar-refractivity contribution in [3.05, 3.63) is 42.0 Å². The van der Waals surface area contributed by atoms with Crippen molar-refractivity contribution in [1.82, 2.24) is 15.0 Å². The van der Waals surface area contributed by atoms with Crippen molar-refractivity contribution in [1.29, 1.82) is 0 Å². The number of hydrazine groups is 1. The highest BCUT2D eigenvalue weighted by atomic mass is 15.3. The average molecular weight is 258 g/mol. The fourth-order valence-electron chi connectivity index (χ4n) is 1.78. The van der Waals surface area contributed by atoms with Gasteiger partial charge in [-0.3, -0.25) is 4.98 Å². The summed E-state index contributed by atoms with van der Waals surface area (Å²) in [5.74, 6) is 7.56. The number of nitrogens with two attached hydrogens (primary N) is 1. The highest BCUT2D eigenvalue weighted by molar-refractivity contribution is 5.48. The number of pyridine rings is 1. The largest absolute Gasteiger partial charge is 0.359 e. The van der Waals surface area contributed by atoms with Crippen LogP contribution in [0.4, 0.5) is 11.6 Å². The Morgan fingerprint density at radius 2 is 2.00 bits per heavy atom. The summed E-state index contributed by atoms with van der Waals surface area (Å²) >= 11 is 0. The number of rotatable bonds is 5. The van der Waals surface area contributed by atoms with E-state index in [0.29, 0.717) is 11.6 Å². The van der Waals surface area contributed by atoms with E-state index in [-0.39, 0.29) is 0 Å². The molecule has 3 N–H and O–H groups in total. The van der Waals surface area contributed by atoms with Crippen molar-refractivity contribution in [3.63, 3.8) is 0 Å². The molecule has 2 heterocycles. The molecule has 100 valence electrons. The molecule has 0 saturated heterocycles. The molecular formula is C13H18N6. The van der Waals surface area contributed by atoms with E-state index in [1.165, 1.54) is 5.56 Å². The molecule has 6 heteroatoms. The molecule has 0 amide bonds. The molecule has 2 aromatic heterocycles. The van der Waals surface area contributed by atoms with Gasteiger partial charge in [-0.1, -0.05) is 0 Å². The lowest BCUT2D eigenvalue weighted by Gasteiger charge is -2.19. The number of anilines is 2. The van der Waals surface area contributed by atoms with Gasteiger partial charge in [0.15, 0.2) is 0 Å². The maximum atomic E-state index is 5.39. The summed E-state index contributed by atoms with van der Waals surface area (Å²) in [5, 5.41) is 0. The Bertz CT molecular complexity index is 528. The van der Waals surface area contributed by atoms with E-state index in [2.05, 4.69) is 25.3 Å². The van der Waals surface area contributed by atoms with Crippen molar-refractivity contribution < 1.29 is 0 Å². The average Bonchev–Trinajstić information content (AvgIpc) is 2.45. The van der Waals surface area contributed by atoms with Gasteiger partial charge in [0.2, 0.25) is 0 Å². The second kappa shape index (κ2) is 6.10. The van der Waals surface area contributed by atoms with Crippen molar-refractivity contribution in [2.45, 2.75) is 13.3 Å². The number of nitrogens with zero attached hydrogens (tertiary/aromatic N) is 4. The predicted molar refractivity (Wildman–Crippen MR) is 75.8 cm³/mol. The zero-order chi connectivity index (χ0) is 13.7. The van der Waals surface area contributed by atoms with Crippen LogP contribution in [0.1, 0.15) is 11.4 Å². The molecule has 0 aliphatic carbocycles. The predicted octanol–water partition coefficient (Wildman–Crippen LogP) is 1.14. The molecule has 0 aromatic carbocycles. The zero-order valence-electron chi connectivity index (χ0n) is 11.2. The number of hydrogen-bond donors (Lipinski definition) is 2. The normalized spacial score (nSPS) is 10.3. The molecule has 0 spiro atoms. The van der Waals surface area contributed by atoms with Gasteiger partial charge < -0.3 is 10.3 Å². The second-order valence-corrected chi connectivity index (χ2v) is 4.33. The number of aromatic nitrogens is 3. The number of nitrogen functional groups attached to an aromatic ring is 1. The quantitative estimate of drug-likeness (QED) is 0.618. The minimum atomic E-state index is 0.623. The molecule has 0 atom stereocenters. The van der Waals surface area contributed by atoms with Crippen molar-refractivity contribution in [2.75, 3.05) is 23.9 Å². The van der Waals surface area contributed by atoms with E-state index >= 15 is 0 Å². The van der Waals surface area contributed by atoms with Crippen LogP contribution in [0, 0.1) is 6.92 Å². The molecule has 2 rings (SSSR count). The first-order valence-corrected chi connectivity index (χ1v) is 6.11. The molecular weight excluding hydrogens is 240 g/mol. The fourth-order valence-corrected chi connectivity index (χ4v) is 1.78. The van der Waals surface area contributed by atoms with Crippen molar-refractivity contribution >= 4 is 11.6 Å². The molecule has 0 aliphatic rings. The van der Waals surface area contributed by atoms with Gasteiger partial charge in [0.1, 0.15) is 17.5 Å². The van der Waals surface area contributed by atoms with E-state index in [1.54, 1.807) is 12.4 Å². The van der Waals surface area contributed by atoms with Crippen molar-refractivity contribution in [3.8, 4) is 0 Å². The molecule has 0 fully saturated rings. The molecule has 0 bridgehead atoms. The minimum absolute atomic E-state index is 0.623. The van der Waals surface area contributed by atoms with Crippen LogP contribution in [0.15, 0.2) is 30.6 Å². The number of likely N-dealkylation sites (N-methyl/N-ethyl adjacent to an activating group) is 1. The van der Waals surface area contributed by atoms with Crippen LogP contribution in [-0.4, -0.2) is 28.5 Å². The number of hydrogen-bond acceptors (Lipinski definition) is 6. The lowest BCUT2D eigenvalue weighted by Crippen LogP contribution is -2.22. The van der Waals surface area contributed by atoms with Gasteiger partial charge in [-0.2, -0.15) is 0 Å². The van der Waals surface area contributed by atoms with Crippen LogP contribution in [0.3, 0.4) is 0 Å². The van der Waals surface area contributed by atoms with Crippen LogP contribution in [0.2, 0.25) is 0 Å². The fraction of sp³-hybridized carbons (Fsp3) is 0.308. The van der Waals surface area contributed by atoms with E-state index in [0.717, 1.165) is 18.8 Å². The van der Waals surface area contributed by atoms with Gasteiger partial charge in [0, 0.05) is 32.1 Å². The monoisotopic (exact) mass is 258 g/mol. The maximum Gasteiger partial charge on any atom is 0.145 e. The second-order valence-electron chi connectivity index (χ2n) is 4.33. The first-order chi connectivity index (χ1) is 9.19. The Kier molecular flexibility index (Phi) is 4.25. The summed E-state index contributed by atoms with van der Waals surface area (Å²) in [6, 6.07) is 5.87.